The van der Waals surface area contributed by atoms with Crippen LogP contribution in [-0.2, 0) is 33.5 Å². The Labute approximate surface area is 314 Å². The number of hydroxylamine groups is 2. The van der Waals surface area contributed by atoms with Gasteiger partial charge in [-0.05, 0) is 63.5 Å². The van der Waals surface area contributed by atoms with Crippen molar-refractivity contribution in [3.05, 3.63) is 42.1 Å². The quantitative estimate of drug-likeness (QED) is 0.178. The molecule has 4 amide bonds. The van der Waals surface area contributed by atoms with Gasteiger partial charge in [0.2, 0.25) is 17.7 Å². The lowest BCUT2D eigenvalue weighted by Gasteiger charge is -2.35. The summed E-state index contributed by atoms with van der Waals surface area (Å²) >= 11 is 0. The monoisotopic (exact) mass is 753 g/mol. The van der Waals surface area contributed by atoms with Crippen molar-refractivity contribution in [1.82, 2.24) is 35.3 Å². The Bertz CT molecular complexity index is 1610. The summed E-state index contributed by atoms with van der Waals surface area (Å²) in [5.41, 5.74) is 0.513. The summed E-state index contributed by atoms with van der Waals surface area (Å²) in [5.74, 6) is -1.85. The molecule has 2 N–H and O–H groups in total. The number of unbranched alkanes of at least 4 members (excludes halogenated alkanes) is 1. The third kappa shape index (κ3) is 11.2. The number of hydrogen-bond donors (Lipinski definition) is 2. The van der Waals surface area contributed by atoms with Crippen molar-refractivity contribution in [2.45, 2.75) is 89.8 Å². The van der Waals surface area contributed by atoms with Gasteiger partial charge < -0.3 is 39.5 Å². The smallest absolute Gasteiger partial charge is 0.467 e. The van der Waals surface area contributed by atoms with Crippen LogP contribution in [0.15, 0.2) is 36.4 Å². The summed E-state index contributed by atoms with van der Waals surface area (Å²) in [6, 6.07) is 8.95. The molecule has 54 heavy (non-hydrogen) atoms. The Kier molecular flexibility index (Phi) is 14.6. The van der Waals surface area contributed by atoms with Crippen LogP contribution in [0.3, 0.4) is 0 Å². The molecule has 0 radical (unpaired) electrons. The highest BCUT2D eigenvalue weighted by Crippen LogP contribution is 2.24. The predicted octanol–water partition coefficient (Wildman–Crippen LogP) is 2.37. The molecule has 17 nitrogen and oxygen atoms in total. The number of esters is 1. The van der Waals surface area contributed by atoms with Crippen molar-refractivity contribution >= 4 is 35.8 Å². The second-order valence-corrected chi connectivity index (χ2v) is 13.6. The van der Waals surface area contributed by atoms with Gasteiger partial charge in [-0.25, -0.2) is 9.48 Å². The minimum Gasteiger partial charge on any atom is -0.467 e. The normalized spacial score (nSPS) is 17.9. The van der Waals surface area contributed by atoms with Crippen molar-refractivity contribution in [2.75, 3.05) is 52.5 Å². The third-order valence-electron chi connectivity index (χ3n) is 9.60. The zero-order chi connectivity index (χ0) is 38.5. The molecule has 294 valence electrons. The molecular weight excluding hydrogens is 702 g/mol. The first-order valence-corrected chi connectivity index (χ1v) is 18.8. The van der Waals surface area contributed by atoms with Gasteiger partial charge in [-0.1, -0.05) is 31.5 Å². The van der Waals surface area contributed by atoms with Crippen molar-refractivity contribution in [3.8, 4) is 11.6 Å². The van der Waals surface area contributed by atoms with E-state index in [9.17, 15) is 28.8 Å². The number of ether oxygens (including phenoxy) is 3. The number of amides is 4. The van der Waals surface area contributed by atoms with E-state index >= 15 is 0 Å². The minimum atomic E-state index is -0.995. The zero-order valence-corrected chi connectivity index (χ0v) is 31.0. The molecule has 1 aromatic heterocycles. The number of piperazine rings is 1. The van der Waals surface area contributed by atoms with Crippen molar-refractivity contribution < 1.29 is 47.8 Å². The van der Waals surface area contributed by atoms with E-state index in [1.165, 1.54) is 22.7 Å². The van der Waals surface area contributed by atoms with Crippen LogP contribution in [-0.4, -0.2) is 131 Å². The van der Waals surface area contributed by atoms with Crippen LogP contribution in [0.25, 0.3) is 5.69 Å². The molecule has 3 fully saturated rings. The van der Waals surface area contributed by atoms with E-state index in [1.54, 1.807) is 34.1 Å². The van der Waals surface area contributed by atoms with Gasteiger partial charge in [0.15, 0.2) is 12.3 Å². The number of rotatable bonds is 17. The maximum absolute atomic E-state index is 13.8. The van der Waals surface area contributed by atoms with E-state index in [1.807, 2.05) is 13.0 Å². The van der Waals surface area contributed by atoms with Crippen LogP contribution < -0.4 is 15.4 Å². The van der Waals surface area contributed by atoms with E-state index in [0.29, 0.717) is 31.5 Å². The summed E-state index contributed by atoms with van der Waals surface area (Å²) < 4.78 is 17.5. The lowest BCUT2D eigenvalue weighted by molar-refractivity contribution is -0.158. The number of para-hydroxylation sites is 1. The van der Waals surface area contributed by atoms with Crippen LogP contribution in [0, 0.1) is 0 Å². The number of aromatic nitrogens is 2. The largest absolute Gasteiger partial charge is 0.527 e. The molecule has 2 atom stereocenters. The van der Waals surface area contributed by atoms with Gasteiger partial charge in [0, 0.05) is 38.7 Å². The van der Waals surface area contributed by atoms with E-state index in [4.69, 9.17) is 19.0 Å². The molecule has 0 unspecified atom stereocenters. The first-order valence-electron chi connectivity index (χ1n) is 18.8. The summed E-state index contributed by atoms with van der Waals surface area (Å²) in [4.78, 5) is 85.5. The second kappa shape index (κ2) is 19.8. The van der Waals surface area contributed by atoms with Crippen LogP contribution in [0.1, 0.15) is 82.1 Å². The number of benzene rings is 1. The predicted molar refractivity (Wildman–Crippen MR) is 192 cm³/mol. The van der Waals surface area contributed by atoms with Gasteiger partial charge in [-0.15, -0.1) is 5.06 Å². The SMILES string of the molecule is CCCCOC(=O)ON1CCN(C(=O)[C@H](CCCOC(C)=O)NC(=O)c2cc(OCC(=O)N3CCC[C@H]3C(=O)NC3CCC3)n(-c3ccccc3)n2)CC1. The fraction of sp³-hybridized carbons (Fsp3) is 0.595. The summed E-state index contributed by atoms with van der Waals surface area (Å²) in [7, 11) is 0. The fourth-order valence-corrected chi connectivity index (χ4v) is 6.38. The summed E-state index contributed by atoms with van der Waals surface area (Å²) in [5, 5.41) is 11.8. The van der Waals surface area contributed by atoms with Crippen LogP contribution >= 0.6 is 0 Å². The molecule has 3 aliphatic rings. The third-order valence-corrected chi connectivity index (χ3v) is 9.60. The number of hydrogen-bond acceptors (Lipinski definition) is 12. The van der Waals surface area contributed by atoms with E-state index in [0.717, 1.165) is 32.1 Å². The standard InChI is InChI=1S/C37H51N7O10/c1-3-4-22-52-37(50)54-42-20-18-41(19-21-42)36(49)29(15-10-23-51-26(2)45)39-34(47)30-24-33(44(40-30)28-13-6-5-7-14-28)53-25-32(46)43-17-9-16-31(43)35(48)38-27-11-8-12-27/h5-7,13-14,24,27,29,31H,3-4,8-12,15-23,25H2,1-2H3,(H,38,48)(H,39,47)/t29-,31-/m0/s1. The van der Waals surface area contributed by atoms with E-state index in [-0.39, 0.29) is 87.8 Å². The highest BCUT2D eigenvalue weighted by atomic mass is 16.8. The molecule has 2 aromatic rings. The molecule has 1 saturated carbocycles. The van der Waals surface area contributed by atoms with Gasteiger partial charge in [0.1, 0.15) is 12.1 Å². The van der Waals surface area contributed by atoms with Crippen molar-refractivity contribution in [2.24, 2.45) is 0 Å². The second-order valence-electron chi connectivity index (χ2n) is 13.6. The van der Waals surface area contributed by atoms with Crippen molar-refractivity contribution in [1.29, 1.82) is 0 Å². The molecule has 3 heterocycles. The average molecular weight is 754 g/mol. The van der Waals surface area contributed by atoms with Gasteiger partial charge in [-0.3, -0.25) is 24.0 Å². The molecule has 1 aliphatic carbocycles. The Balaban J connectivity index is 1.24. The Morgan fingerprint density at radius 1 is 0.907 bits per heavy atom. The maximum atomic E-state index is 13.8. The zero-order valence-electron chi connectivity index (χ0n) is 31.0. The maximum Gasteiger partial charge on any atom is 0.527 e. The van der Waals surface area contributed by atoms with Gasteiger partial charge in [0.05, 0.1) is 32.0 Å². The molecule has 5 rings (SSSR count). The fourth-order valence-electron chi connectivity index (χ4n) is 6.38. The number of nitrogens with zero attached hydrogens (tertiary/aromatic N) is 5. The van der Waals surface area contributed by atoms with E-state index < -0.39 is 30.1 Å². The first-order chi connectivity index (χ1) is 26.1. The number of nitrogens with one attached hydrogen (secondary N) is 2. The van der Waals surface area contributed by atoms with Gasteiger partial charge in [-0.2, -0.15) is 5.10 Å². The van der Waals surface area contributed by atoms with Gasteiger partial charge in [0.25, 0.3) is 11.8 Å². The van der Waals surface area contributed by atoms with Crippen LogP contribution in [0.2, 0.25) is 0 Å². The first kappa shape index (κ1) is 40.0. The number of carbonyl (C=O) groups excluding carboxylic acids is 6. The minimum absolute atomic E-state index is 0.0576. The van der Waals surface area contributed by atoms with Gasteiger partial charge >= 0.3 is 12.1 Å². The molecule has 17 heteroatoms. The lowest BCUT2D eigenvalue weighted by atomic mass is 9.93. The Morgan fingerprint density at radius 2 is 1.65 bits per heavy atom. The van der Waals surface area contributed by atoms with E-state index in [2.05, 4.69) is 15.7 Å². The Morgan fingerprint density at radius 3 is 2.33 bits per heavy atom. The average Bonchev–Trinajstić information content (AvgIpc) is 3.82. The Hall–Kier alpha value is -5.19. The topological polar surface area (TPSA) is 191 Å². The number of carbonyl (C=O) groups is 6. The highest BCUT2D eigenvalue weighted by molar-refractivity contribution is 5.96. The lowest BCUT2D eigenvalue weighted by Crippen LogP contribution is -2.55. The molecular formula is C37H51N7O10. The van der Waals surface area contributed by atoms with Crippen molar-refractivity contribution in [3.63, 3.8) is 0 Å². The number of likely N-dealkylation sites (tertiary alicyclic amines) is 1. The molecule has 2 saturated heterocycles. The van der Waals surface area contributed by atoms with Crippen LogP contribution in [0.4, 0.5) is 4.79 Å². The molecule has 2 aliphatic heterocycles. The summed E-state index contributed by atoms with van der Waals surface area (Å²) in [6.45, 7) is 4.60. The molecule has 1 aromatic carbocycles. The highest BCUT2D eigenvalue weighted by Gasteiger charge is 2.36. The molecule has 0 spiro atoms. The summed E-state index contributed by atoms with van der Waals surface area (Å²) in [6.07, 6.45) is 5.53. The molecule has 0 bridgehead atoms. The van der Waals surface area contributed by atoms with Crippen LogP contribution in [0.5, 0.6) is 5.88 Å².